The number of hydrogen-bond donors (Lipinski definition) is 0. The average molecular weight is 556 g/mol. The van der Waals surface area contributed by atoms with Crippen LogP contribution in [0, 0.1) is 11.3 Å². The molecule has 216 valence electrons. The number of rotatable bonds is 7. The van der Waals surface area contributed by atoms with Gasteiger partial charge in [0.15, 0.2) is 0 Å². The van der Waals surface area contributed by atoms with Gasteiger partial charge in [0.25, 0.3) is 0 Å². The summed E-state index contributed by atoms with van der Waals surface area (Å²) in [6.07, 6.45) is 13.6. The molecule has 6 rings (SSSR count). The van der Waals surface area contributed by atoms with E-state index in [1.165, 1.54) is 47.7 Å². The van der Waals surface area contributed by atoms with Gasteiger partial charge in [-0.05, 0) is 75.7 Å². The van der Waals surface area contributed by atoms with Crippen LogP contribution >= 0.6 is 0 Å². The Hall–Kier alpha value is -3.64. The van der Waals surface area contributed by atoms with Crippen LogP contribution in [0.15, 0.2) is 31.1 Å². The number of fused-ring (bicyclic) bond motifs is 2. The molecule has 0 aromatic carbocycles. The molecule has 0 spiro atoms. The Morgan fingerprint density at radius 1 is 1.07 bits per heavy atom. The lowest BCUT2D eigenvalue weighted by Crippen LogP contribution is -2.55. The lowest BCUT2D eigenvalue weighted by atomic mass is 9.91. The van der Waals surface area contributed by atoms with Crippen molar-refractivity contribution < 1.29 is 9.53 Å². The molecule has 9 nitrogen and oxygen atoms in total. The maximum Gasteiger partial charge on any atom is 0.246 e. The fourth-order valence-electron chi connectivity index (χ4n) is 7.10. The van der Waals surface area contributed by atoms with Crippen molar-refractivity contribution in [2.45, 2.75) is 70.0 Å². The monoisotopic (exact) mass is 555 g/mol. The van der Waals surface area contributed by atoms with Crippen LogP contribution in [0.5, 0.6) is 5.88 Å². The molecular formula is C32H41N7O2. The minimum atomic E-state index is -0.179. The molecule has 9 heteroatoms. The van der Waals surface area contributed by atoms with Gasteiger partial charge < -0.3 is 24.3 Å². The van der Waals surface area contributed by atoms with Gasteiger partial charge in [-0.25, -0.2) is 4.98 Å². The standard InChI is InChI=1S/C32H41N7O2/c1-3-32(40)39-16-15-38(20-24(39)10-12-33)29-17-31(41-22-25-8-6-13-36(25)2)35-28-21-37(14-11-27(28)29)30-19-34-18-23-7-4-5-9-26(23)30/h3,17-19,24-25H,1,4-11,13-16,20-22H2,2H3/t24-,25-/m0/s1. The fourth-order valence-corrected chi connectivity index (χ4v) is 7.10. The van der Waals surface area contributed by atoms with Crippen molar-refractivity contribution in [3.63, 3.8) is 0 Å². The zero-order valence-electron chi connectivity index (χ0n) is 24.2. The summed E-state index contributed by atoms with van der Waals surface area (Å²) in [5.74, 6) is 0.553. The summed E-state index contributed by atoms with van der Waals surface area (Å²) in [5, 5.41) is 9.52. The number of aryl methyl sites for hydroxylation is 1. The van der Waals surface area contributed by atoms with Crippen LogP contribution in [0.25, 0.3) is 0 Å². The van der Waals surface area contributed by atoms with Gasteiger partial charge in [0.1, 0.15) is 6.61 Å². The molecule has 1 aliphatic carbocycles. The third-order valence-corrected chi connectivity index (χ3v) is 9.43. The van der Waals surface area contributed by atoms with E-state index in [0.29, 0.717) is 44.6 Å². The molecule has 0 bridgehead atoms. The average Bonchev–Trinajstić information content (AvgIpc) is 3.43. The maximum absolute atomic E-state index is 12.5. The number of nitrogens with zero attached hydrogens (tertiary/aromatic N) is 7. The van der Waals surface area contributed by atoms with Gasteiger partial charge in [-0.1, -0.05) is 6.58 Å². The maximum atomic E-state index is 12.5. The third kappa shape index (κ3) is 5.62. The number of carbonyl (C=O) groups is 1. The Kier molecular flexibility index (Phi) is 8.11. The van der Waals surface area contributed by atoms with Crippen LogP contribution in [0.4, 0.5) is 11.4 Å². The first-order valence-corrected chi connectivity index (χ1v) is 15.2. The van der Waals surface area contributed by atoms with Crippen molar-refractivity contribution in [2.24, 2.45) is 0 Å². The lowest BCUT2D eigenvalue weighted by Gasteiger charge is -2.43. The summed E-state index contributed by atoms with van der Waals surface area (Å²) in [6, 6.07) is 4.62. The van der Waals surface area contributed by atoms with Gasteiger partial charge in [0.05, 0.1) is 42.7 Å². The van der Waals surface area contributed by atoms with E-state index >= 15 is 0 Å². The van der Waals surface area contributed by atoms with Gasteiger partial charge in [0, 0.05) is 55.7 Å². The zero-order valence-corrected chi connectivity index (χ0v) is 24.2. The Bertz CT molecular complexity index is 1340. The molecule has 2 aromatic rings. The van der Waals surface area contributed by atoms with E-state index in [1.807, 2.05) is 12.4 Å². The fraction of sp³-hybridized carbons (Fsp3) is 0.562. The smallest absolute Gasteiger partial charge is 0.246 e. The van der Waals surface area contributed by atoms with Gasteiger partial charge in [0.2, 0.25) is 11.8 Å². The van der Waals surface area contributed by atoms with E-state index < -0.39 is 0 Å². The molecule has 0 radical (unpaired) electrons. The predicted molar refractivity (Wildman–Crippen MR) is 159 cm³/mol. The summed E-state index contributed by atoms with van der Waals surface area (Å²) in [5.41, 5.74) is 7.53. The summed E-state index contributed by atoms with van der Waals surface area (Å²) in [7, 11) is 2.17. The van der Waals surface area contributed by atoms with Gasteiger partial charge in [-0.2, -0.15) is 5.26 Å². The minimum Gasteiger partial charge on any atom is -0.476 e. The molecule has 0 saturated carbocycles. The van der Waals surface area contributed by atoms with Gasteiger partial charge in [-0.15, -0.1) is 0 Å². The highest BCUT2D eigenvalue weighted by Crippen LogP contribution is 2.37. The minimum absolute atomic E-state index is 0.109. The molecule has 41 heavy (non-hydrogen) atoms. The van der Waals surface area contributed by atoms with Crippen molar-refractivity contribution in [2.75, 3.05) is 56.2 Å². The number of likely N-dealkylation sites (tertiary alicyclic amines) is 1. The van der Waals surface area contributed by atoms with Crippen molar-refractivity contribution in [1.82, 2.24) is 19.8 Å². The predicted octanol–water partition coefficient (Wildman–Crippen LogP) is 3.51. The van der Waals surface area contributed by atoms with Crippen molar-refractivity contribution in [1.29, 1.82) is 5.26 Å². The molecular weight excluding hydrogens is 514 g/mol. The number of amides is 1. The second kappa shape index (κ2) is 12.1. The lowest BCUT2D eigenvalue weighted by molar-refractivity contribution is -0.128. The molecule has 2 fully saturated rings. The normalized spacial score (nSPS) is 22.6. The molecule has 2 atom stereocenters. The number of ether oxygens (including phenoxy) is 1. The molecule has 2 saturated heterocycles. The van der Waals surface area contributed by atoms with Crippen molar-refractivity contribution in [3.05, 3.63) is 53.5 Å². The number of hydrogen-bond acceptors (Lipinski definition) is 8. The number of nitriles is 1. The van der Waals surface area contributed by atoms with Crippen LogP contribution in [0.3, 0.4) is 0 Å². The summed E-state index contributed by atoms with van der Waals surface area (Å²) >= 11 is 0. The molecule has 2 aromatic heterocycles. The summed E-state index contributed by atoms with van der Waals surface area (Å²) < 4.78 is 6.40. The highest BCUT2D eigenvalue weighted by atomic mass is 16.5. The topological polar surface area (TPSA) is 88.8 Å². The number of piperazine rings is 1. The first-order valence-electron chi connectivity index (χ1n) is 15.2. The third-order valence-electron chi connectivity index (χ3n) is 9.43. The first kappa shape index (κ1) is 27.5. The molecule has 5 heterocycles. The van der Waals surface area contributed by atoms with E-state index in [9.17, 15) is 10.1 Å². The largest absolute Gasteiger partial charge is 0.476 e. The zero-order chi connectivity index (χ0) is 28.3. The summed E-state index contributed by atoms with van der Waals surface area (Å²) in [4.78, 5) is 31.2. The SMILES string of the molecule is C=CC(=O)N1CCN(c2cc(OC[C@@H]3CCCN3C)nc3c2CCN(c2cncc4c2CCCC4)C3)C[C@@H]1CC#N. The summed E-state index contributed by atoms with van der Waals surface area (Å²) in [6.45, 7) is 8.89. The Morgan fingerprint density at radius 3 is 2.76 bits per heavy atom. The van der Waals surface area contributed by atoms with Crippen molar-refractivity contribution in [3.8, 4) is 11.9 Å². The quantitative estimate of drug-likeness (QED) is 0.480. The van der Waals surface area contributed by atoms with Crippen LogP contribution in [-0.2, 0) is 30.6 Å². The van der Waals surface area contributed by atoms with Gasteiger partial charge >= 0.3 is 0 Å². The molecule has 0 unspecified atom stereocenters. The Labute approximate surface area is 243 Å². The number of pyridine rings is 2. The van der Waals surface area contributed by atoms with E-state index in [-0.39, 0.29) is 11.9 Å². The van der Waals surface area contributed by atoms with Crippen molar-refractivity contribution >= 4 is 17.3 Å². The van der Waals surface area contributed by atoms with E-state index in [0.717, 1.165) is 56.7 Å². The van der Waals surface area contributed by atoms with Crippen LogP contribution in [-0.4, -0.2) is 84.1 Å². The number of likely N-dealkylation sites (N-methyl/N-ethyl adjacent to an activating group) is 1. The molecule has 0 N–H and O–H groups in total. The van der Waals surface area contributed by atoms with E-state index in [1.54, 1.807) is 4.90 Å². The molecule has 1 amide bonds. The first-order chi connectivity index (χ1) is 20.1. The molecule has 4 aliphatic rings. The van der Waals surface area contributed by atoms with E-state index in [2.05, 4.69) is 45.4 Å². The highest BCUT2D eigenvalue weighted by Gasteiger charge is 2.33. The number of aromatic nitrogens is 2. The Morgan fingerprint density at radius 2 is 1.95 bits per heavy atom. The van der Waals surface area contributed by atoms with Crippen LogP contribution in [0.2, 0.25) is 0 Å². The highest BCUT2D eigenvalue weighted by molar-refractivity contribution is 5.87. The van der Waals surface area contributed by atoms with Gasteiger partial charge in [-0.3, -0.25) is 9.78 Å². The van der Waals surface area contributed by atoms with E-state index in [4.69, 9.17) is 9.72 Å². The van der Waals surface area contributed by atoms with Crippen LogP contribution < -0.4 is 14.5 Å². The number of anilines is 2. The van der Waals surface area contributed by atoms with Crippen LogP contribution in [0.1, 0.15) is 54.5 Å². The number of carbonyl (C=O) groups excluding carboxylic acids is 1. The second-order valence-corrected chi connectivity index (χ2v) is 11.9. The second-order valence-electron chi connectivity index (χ2n) is 11.9. The molecule has 3 aliphatic heterocycles. The Balaban J connectivity index is 1.31.